The zero-order valence-electron chi connectivity index (χ0n) is 16.1. The highest BCUT2D eigenvalue weighted by molar-refractivity contribution is 6.07. The lowest BCUT2D eigenvalue weighted by Gasteiger charge is -2.34. The number of carbonyl (C=O) groups is 1. The van der Waals surface area contributed by atoms with Gasteiger partial charge in [-0.05, 0) is 57.5 Å². The van der Waals surface area contributed by atoms with E-state index in [0.29, 0.717) is 5.69 Å². The Bertz CT molecular complexity index is 1020. The molecule has 5 nitrogen and oxygen atoms in total. The highest BCUT2D eigenvalue weighted by Gasteiger charge is 2.46. The van der Waals surface area contributed by atoms with E-state index in [1.807, 2.05) is 87.0 Å². The number of fused-ring (bicyclic) bond motifs is 1. The van der Waals surface area contributed by atoms with E-state index >= 15 is 0 Å². The van der Waals surface area contributed by atoms with Gasteiger partial charge in [-0.2, -0.15) is 5.10 Å². The van der Waals surface area contributed by atoms with Crippen LogP contribution in [0.1, 0.15) is 47.2 Å². The van der Waals surface area contributed by atoms with Crippen LogP contribution in [0.15, 0.2) is 54.6 Å². The zero-order valence-corrected chi connectivity index (χ0v) is 16.1. The number of hydrogen-bond donors (Lipinski definition) is 1. The number of carbonyl (C=O) groups excluding carboxylic acids is 1. The van der Waals surface area contributed by atoms with Crippen LogP contribution in [-0.4, -0.2) is 21.2 Å². The minimum absolute atomic E-state index is 0.130. The summed E-state index contributed by atoms with van der Waals surface area (Å²) in [4.78, 5) is 15.2. The molecule has 1 unspecified atom stereocenters. The second-order valence-corrected chi connectivity index (χ2v) is 7.75. The number of rotatable bonds is 2. The average Bonchev–Trinajstić information content (AvgIpc) is 3.12. The first-order valence-electron chi connectivity index (χ1n) is 9.13. The lowest BCUT2D eigenvalue weighted by Crippen LogP contribution is -2.49. The molecule has 2 aromatic carbocycles. The van der Waals surface area contributed by atoms with Crippen LogP contribution >= 0.6 is 0 Å². The Morgan fingerprint density at radius 1 is 1.07 bits per heavy atom. The van der Waals surface area contributed by atoms with Crippen molar-refractivity contribution in [1.82, 2.24) is 9.78 Å². The maximum absolute atomic E-state index is 13.4. The van der Waals surface area contributed by atoms with Gasteiger partial charge in [-0.15, -0.1) is 0 Å². The lowest BCUT2D eigenvalue weighted by molar-refractivity contribution is 0.0956. The number of amides is 1. The standard InChI is InChI=1S/C22H24N4O/c1-14-9-11-16(12-10-14)26-15(2)13-18(24-26)21(27)25-19-8-6-5-7-17(19)20(23)22(25,3)4/h5-13,20H,23H2,1-4H3. The fraction of sp³-hybridized carbons (Fsp3) is 0.273. The average molecular weight is 360 g/mol. The Morgan fingerprint density at radius 2 is 1.74 bits per heavy atom. The SMILES string of the molecule is Cc1ccc(-n2nc(C(=O)N3c4ccccc4C(N)C3(C)C)cc2C)cc1. The number of aryl methyl sites for hydroxylation is 2. The predicted octanol–water partition coefficient (Wildman–Crippen LogP) is 3.93. The van der Waals surface area contributed by atoms with Gasteiger partial charge in [-0.25, -0.2) is 4.68 Å². The molecule has 1 atom stereocenters. The molecule has 0 spiro atoms. The van der Waals surface area contributed by atoms with E-state index < -0.39 is 5.54 Å². The van der Waals surface area contributed by atoms with E-state index in [2.05, 4.69) is 5.10 Å². The summed E-state index contributed by atoms with van der Waals surface area (Å²) in [5, 5.41) is 4.60. The fourth-order valence-corrected chi connectivity index (χ4v) is 3.80. The molecule has 1 amide bonds. The summed E-state index contributed by atoms with van der Waals surface area (Å²) in [7, 11) is 0. The minimum atomic E-state index is -0.525. The maximum Gasteiger partial charge on any atom is 0.279 e. The number of nitrogens with two attached hydrogens (primary N) is 1. The van der Waals surface area contributed by atoms with Gasteiger partial charge in [0.2, 0.25) is 0 Å². The van der Waals surface area contributed by atoms with Crippen molar-refractivity contribution in [3.8, 4) is 5.69 Å². The van der Waals surface area contributed by atoms with E-state index in [1.165, 1.54) is 5.56 Å². The first-order valence-corrected chi connectivity index (χ1v) is 9.13. The van der Waals surface area contributed by atoms with Crippen LogP contribution in [-0.2, 0) is 0 Å². The van der Waals surface area contributed by atoms with Crippen molar-refractivity contribution >= 4 is 11.6 Å². The molecule has 0 saturated heterocycles. The van der Waals surface area contributed by atoms with Crippen molar-refractivity contribution in [3.63, 3.8) is 0 Å². The van der Waals surface area contributed by atoms with Crippen molar-refractivity contribution < 1.29 is 4.79 Å². The maximum atomic E-state index is 13.4. The molecular weight excluding hydrogens is 336 g/mol. The monoisotopic (exact) mass is 360 g/mol. The Kier molecular flexibility index (Phi) is 3.93. The van der Waals surface area contributed by atoms with Crippen LogP contribution in [0.5, 0.6) is 0 Å². The minimum Gasteiger partial charge on any atom is -0.322 e. The molecule has 27 heavy (non-hydrogen) atoms. The van der Waals surface area contributed by atoms with E-state index in [9.17, 15) is 4.79 Å². The van der Waals surface area contributed by atoms with Gasteiger partial charge in [0.1, 0.15) is 0 Å². The van der Waals surface area contributed by atoms with Crippen molar-refractivity contribution in [2.24, 2.45) is 5.73 Å². The van der Waals surface area contributed by atoms with Crippen LogP contribution < -0.4 is 10.6 Å². The van der Waals surface area contributed by atoms with Gasteiger partial charge in [0.25, 0.3) is 5.91 Å². The predicted molar refractivity (Wildman–Crippen MR) is 107 cm³/mol. The molecule has 3 aromatic rings. The Hall–Kier alpha value is -2.92. The molecular formula is C22H24N4O. The van der Waals surface area contributed by atoms with Gasteiger partial charge in [0, 0.05) is 11.4 Å². The van der Waals surface area contributed by atoms with Gasteiger partial charge >= 0.3 is 0 Å². The fourth-order valence-electron chi connectivity index (χ4n) is 3.80. The molecule has 1 aliphatic rings. The first-order chi connectivity index (χ1) is 12.8. The van der Waals surface area contributed by atoms with Gasteiger partial charge in [-0.1, -0.05) is 35.9 Å². The zero-order chi connectivity index (χ0) is 19.3. The Balaban J connectivity index is 1.76. The lowest BCUT2D eigenvalue weighted by atomic mass is 9.93. The number of para-hydroxylation sites is 1. The van der Waals surface area contributed by atoms with Crippen molar-refractivity contribution in [2.45, 2.75) is 39.3 Å². The molecule has 2 heterocycles. The van der Waals surface area contributed by atoms with E-state index in [4.69, 9.17) is 5.73 Å². The molecule has 5 heteroatoms. The number of nitrogens with zero attached hydrogens (tertiary/aromatic N) is 3. The molecule has 1 aromatic heterocycles. The van der Waals surface area contributed by atoms with Gasteiger partial charge in [0.15, 0.2) is 5.69 Å². The summed E-state index contributed by atoms with van der Waals surface area (Å²) in [5.41, 5.74) is 11.2. The van der Waals surface area contributed by atoms with Gasteiger partial charge in [0.05, 0.1) is 17.3 Å². The van der Waals surface area contributed by atoms with Crippen LogP contribution in [0.25, 0.3) is 5.69 Å². The summed E-state index contributed by atoms with van der Waals surface area (Å²) in [6, 6.07) is 17.5. The Morgan fingerprint density at radius 3 is 2.44 bits per heavy atom. The second-order valence-electron chi connectivity index (χ2n) is 7.75. The summed E-state index contributed by atoms with van der Waals surface area (Å²) >= 11 is 0. The van der Waals surface area contributed by atoms with Crippen LogP contribution in [0.3, 0.4) is 0 Å². The van der Waals surface area contributed by atoms with E-state index in [1.54, 1.807) is 4.90 Å². The molecule has 0 bridgehead atoms. The van der Waals surface area contributed by atoms with Crippen LogP contribution in [0.2, 0.25) is 0 Å². The molecule has 138 valence electrons. The quantitative estimate of drug-likeness (QED) is 0.753. The van der Waals surface area contributed by atoms with E-state index in [-0.39, 0.29) is 11.9 Å². The third-order valence-electron chi connectivity index (χ3n) is 5.44. The van der Waals surface area contributed by atoms with Crippen molar-refractivity contribution in [3.05, 3.63) is 77.1 Å². The molecule has 1 aliphatic heterocycles. The highest BCUT2D eigenvalue weighted by atomic mass is 16.2. The molecule has 0 fully saturated rings. The summed E-state index contributed by atoms with van der Waals surface area (Å²) in [5.74, 6) is -0.130. The normalized spacial score (nSPS) is 17.8. The molecule has 4 rings (SSSR count). The summed E-state index contributed by atoms with van der Waals surface area (Å²) < 4.78 is 1.81. The third-order valence-corrected chi connectivity index (χ3v) is 5.44. The molecule has 0 saturated carbocycles. The summed E-state index contributed by atoms with van der Waals surface area (Å²) in [6.07, 6.45) is 0. The molecule has 2 N–H and O–H groups in total. The number of benzene rings is 2. The second kappa shape index (κ2) is 6.06. The topological polar surface area (TPSA) is 64.2 Å². The number of hydrogen-bond acceptors (Lipinski definition) is 3. The highest BCUT2D eigenvalue weighted by Crippen LogP contribution is 2.45. The van der Waals surface area contributed by atoms with Crippen LogP contribution in [0, 0.1) is 13.8 Å². The number of aromatic nitrogens is 2. The van der Waals surface area contributed by atoms with Crippen molar-refractivity contribution in [2.75, 3.05) is 4.90 Å². The first kappa shape index (κ1) is 17.5. The van der Waals surface area contributed by atoms with E-state index in [0.717, 1.165) is 22.6 Å². The summed E-state index contributed by atoms with van der Waals surface area (Å²) in [6.45, 7) is 8.00. The molecule has 0 aliphatic carbocycles. The van der Waals surface area contributed by atoms with Crippen molar-refractivity contribution in [1.29, 1.82) is 0 Å². The Labute approximate surface area is 159 Å². The number of anilines is 1. The van der Waals surface area contributed by atoms with Gasteiger partial charge in [-0.3, -0.25) is 9.69 Å². The smallest absolute Gasteiger partial charge is 0.279 e. The van der Waals surface area contributed by atoms with Gasteiger partial charge < -0.3 is 5.73 Å². The van der Waals surface area contributed by atoms with Crippen LogP contribution in [0.4, 0.5) is 5.69 Å². The molecule has 0 radical (unpaired) electrons. The largest absolute Gasteiger partial charge is 0.322 e. The third kappa shape index (κ3) is 2.66.